The van der Waals surface area contributed by atoms with Crippen LogP contribution in [0.3, 0.4) is 0 Å². The molecule has 110 valence electrons. The molecule has 0 radical (unpaired) electrons. The fourth-order valence-electron chi connectivity index (χ4n) is 1.38. The van der Waals surface area contributed by atoms with Crippen molar-refractivity contribution in [3.63, 3.8) is 0 Å². The first kappa shape index (κ1) is 16.3. The Bertz CT molecular complexity index is 459. The van der Waals surface area contributed by atoms with Gasteiger partial charge in [0.15, 0.2) is 12.7 Å². The summed E-state index contributed by atoms with van der Waals surface area (Å²) in [6.07, 6.45) is -0.803. The van der Waals surface area contributed by atoms with Gasteiger partial charge in [-0.25, -0.2) is 4.79 Å². The molecule has 0 heterocycles. The summed E-state index contributed by atoms with van der Waals surface area (Å²) in [5, 5.41) is 3.20. The van der Waals surface area contributed by atoms with E-state index in [1.165, 1.54) is 0 Å². The van der Waals surface area contributed by atoms with Crippen molar-refractivity contribution in [3.8, 4) is 5.75 Å². The molecule has 0 aliphatic rings. The highest BCUT2D eigenvalue weighted by molar-refractivity contribution is 6.30. The first-order chi connectivity index (χ1) is 9.38. The molecule has 0 aliphatic carbocycles. The van der Waals surface area contributed by atoms with Crippen LogP contribution in [-0.4, -0.2) is 30.6 Å². The molecule has 1 amide bonds. The summed E-state index contributed by atoms with van der Waals surface area (Å²) < 4.78 is 10.2. The van der Waals surface area contributed by atoms with Crippen LogP contribution in [0.1, 0.15) is 20.8 Å². The average molecular weight is 300 g/mol. The highest BCUT2D eigenvalue weighted by Crippen LogP contribution is 2.17. The van der Waals surface area contributed by atoms with Crippen molar-refractivity contribution in [2.45, 2.75) is 32.9 Å². The lowest BCUT2D eigenvalue weighted by Gasteiger charge is -2.14. The maximum absolute atomic E-state index is 11.7. The van der Waals surface area contributed by atoms with Crippen molar-refractivity contribution in [3.05, 3.63) is 29.3 Å². The van der Waals surface area contributed by atoms with Crippen molar-refractivity contribution in [2.24, 2.45) is 0 Å². The third kappa shape index (κ3) is 5.93. The standard InChI is InChI=1S/C14H18ClNO4/c1-9(2)16-13(17)8-19-14(18)10(3)20-12-6-4-11(15)5-7-12/h4-7,9-10H,8H2,1-3H3,(H,16,17)/t10-/m0/s1. The van der Waals surface area contributed by atoms with Gasteiger partial charge in [0.1, 0.15) is 5.75 Å². The number of esters is 1. The number of amides is 1. The third-order valence-electron chi connectivity index (χ3n) is 2.25. The molecular weight excluding hydrogens is 282 g/mol. The largest absolute Gasteiger partial charge is 0.479 e. The van der Waals surface area contributed by atoms with E-state index in [9.17, 15) is 9.59 Å². The Morgan fingerprint density at radius 3 is 2.35 bits per heavy atom. The number of benzene rings is 1. The Hall–Kier alpha value is -1.75. The molecule has 1 rings (SSSR count). The van der Waals surface area contributed by atoms with Crippen LogP contribution in [0.25, 0.3) is 0 Å². The van der Waals surface area contributed by atoms with Crippen LogP contribution < -0.4 is 10.1 Å². The summed E-state index contributed by atoms with van der Waals surface area (Å²) >= 11 is 5.75. The van der Waals surface area contributed by atoms with Gasteiger partial charge in [0.05, 0.1) is 0 Å². The molecular formula is C14H18ClNO4. The predicted molar refractivity (Wildman–Crippen MR) is 75.8 cm³/mol. The molecule has 1 aromatic rings. The predicted octanol–water partition coefficient (Wildman–Crippen LogP) is 2.18. The Balaban J connectivity index is 2.39. The van der Waals surface area contributed by atoms with Crippen LogP contribution >= 0.6 is 11.6 Å². The first-order valence-corrected chi connectivity index (χ1v) is 6.64. The SMILES string of the molecule is CC(C)NC(=O)COC(=O)[C@H](C)Oc1ccc(Cl)cc1. The Kier molecular flexibility index (Phi) is 6.31. The van der Waals surface area contributed by atoms with E-state index in [1.54, 1.807) is 31.2 Å². The molecule has 0 bridgehead atoms. The molecule has 1 atom stereocenters. The normalized spacial score (nSPS) is 11.8. The van der Waals surface area contributed by atoms with Gasteiger partial charge in [0, 0.05) is 11.1 Å². The molecule has 6 heteroatoms. The van der Waals surface area contributed by atoms with Gasteiger partial charge in [-0.1, -0.05) is 11.6 Å². The van der Waals surface area contributed by atoms with Crippen LogP contribution in [0.5, 0.6) is 5.75 Å². The van der Waals surface area contributed by atoms with E-state index >= 15 is 0 Å². The molecule has 0 fully saturated rings. The molecule has 1 aromatic carbocycles. The topological polar surface area (TPSA) is 64.6 Å². The monoisotopic (exact) mass is 299 g/mol. The van der Waals surface area contributed by atoms with Gasteiger partial charge in [-0.2, -0.15) is 0 Å². The minimum atomic E-state index is -0.803. The number of carbonyl (C=O) groups excluding carboxylic acids is 2. The lowest BCUT2D eigenvalue weighted by Crippen LogP contribution is -2.36. The maximum Gasteiger partial charge on any atom is 0.347 e. The van der Waals surface area contributed by atoms with Gasteiger partial charge in [-0.05, 0) is 45.0 Å². The summed E-state index contributed by atoms with van der Waals surface area (Å²) in [4.78, 5) is 23.0. The minimum absolute atomic E-state index is 0.00365. The van der Waals surface area contributed by atoms with Gasteiger partial charge in [0.2, 0.25) is 0 Å². The van der Waals surface area contributed by atoms with Gasteiger partial charge < -0.3 is 14.8 Å². The van der Waals surface area contributed by atoms with Gasteiger partial charge in [0.25, 0.3) is 5.91 Å². The smallest absolute Gasteiger partial charge is 0.347 e. The van der Waals surface area contributed by atoms with Crippen LogP contribution in [0.2, 0.25) is 5.02 Å². The van der Waals surface area contributed by atoms with E-state index in [0.29, 0.717) is 10.8 Å². The number of rotatable bonds is 6. The van der Waals surface area contributed by atoms with Crippen molar-refractivity contribution in [2.75, 3.05) is 6.61 Å². The number of nitrogens with one attached hydrogen (secondary N) is 1. The quantitative estimate of drug-likeness (QED) is 0.818. The highest BCUT2D eigenvalue weighted by Gasteiger charge is 2.17. The van der Waals surface area contributed by atoms with Gasteiger partial charge >= 0.3 is 5.97 Å². The van der Waals surface area contributed by atoms with Crippen molar-refractivity contribution >= 4 is 23.5 Å². The zero-order valence-corrected chi connectivity index (χ0v) is 12.4. The average Bonchev–Trinajstić information content (AvgIpc) is 2.37. The first-order valence-electron chi connectivity index (χ1n) is 6.26. The highest BCUT2D eigenvalue weighted by atomic mass is 35.5. The summed E-state index contributed by atoms with van der Waals surface area (Å²) in [6, 6.07) is 6.62. The van der Waals surface area contributed by atoms with Crippen molar-refractivity contribution in [1.29, 1.82) is 0 Å². The molecule has 0 aliphatic heterocycles. The van der Waals surface area contributed by atoms with E-state index in [-0.39, 0.29) is 18.6 Å². The lowest BCUT2D eigenvalue weighted by molar-refractivity contribution is -0.154. The number of hydrogen-bond acceptors (Lipinski definition) is 4. The Morgan fingerprint density at radius 1 is 1.20 bits per heavy atom. The van der Waals surface area contributed by atoms with E-state index in [4.69, 9.17) is 21.1 Å². The van der Waals surface area contributed by atoms with Crippen molar-refractivity contribution in [1.82, 2.24) is 5.32 Å². The molecule has 1 N–H and O–H groups in total. The minimum Gasteiger partial charge on any atom is -0.479 e. The number of carbonyl (C=O) groups is 2. The van der Waals surface area contributed by atoms with E-state index in [0.717, 1.165) is 0 Å². The second-order valence-electron chi connectivity index (χ2n) is 4.54. The summed E-state index contributed by atoms with van der Waals surface area (Å²) in [5.74, 6) is -0.434. The molecule has 0 aromatic heterocycles. The van der Waals surface area contributed by atoms with Crippen LogP contribution in [-0.2, 0) is 14.3 Å². The molecule has 0 unspecified atom stereocenters. The zero-order valence-electron chi connectivity index (χ0n) is 11.7. The Morgan fingerprint density at radius 2 is 1.80 bits per heavy atom. The van der Waals surface area contributed by atoms with E-state index in [2.05, 4.69) is 5.32 Å². The second-order valence-corrected chi connectivity index (χ2v) is 4.98. The molecule has 0 spiro atoms. The van der Waals surface area contributed by atoms with E-state index < -0.39 is 12.1 Å². The van der Waals surface area contributed by atoms with Crippen LogP contribution in [0, 0.1) is 0 Å². The summed E-state index contributed by atoms with van der Waals surface area (Å²) in [5.41, 5.74) is 0. The second kappa shape index (κ2) is 7.75. The van der Waals surface area contributed by atoms with Crippen LogP contribution in [0.15, 0.2) is 24.3 Å². The van der Waals surface area contributed by atoms with Crippen molar-refractivity contribution < 1.29 is 19.1 Å². The lowest BCUT2D eigenvalue weighted by atomic mass is 10.3. The molecule has 0 saturated heterocycles. The molecule has 20 heavy (non-hydrogen) atoms. The number of ether oxygens (including phenoxy) is 2. The number of hydrogen-bond donors (Lipinski definition) is 1. The fraction of sp³-hybridized carbons (Fsp3) is 0.429. The number of halogens is 1. The third-order valence-corrected chi connectivity index (χ3v) is 2.51. The summed E-state index contributed by atoms with van der Waals surface area (Å²) in [7, 11) is 0. The van der Waals surface area contributed by atoms with Gasteiger partial charge in [-0.15, -0.1) is 0 Å². The molecule has 0 saturated carbocycles. The fourth-order valence-corrected chi connectivity index (χ4v) is 1.51. The molecule has 5 nitrogen and oxygen atoms in total. The zero-order chi connectivity index (χ0) is 15.1. The summed E-state index contributed by atoms with van der Waals surface area (Å²) in [6.45, 7) is 4.89. The van der Waals surface area contributed by atoms with Gasteiger partial charge in [-0.3, -0.25) is 4.79 Å². The maximum atomic E-state index is 11.7. The Labute approximate surface area is 123 Å². The van der Waals surface area contributed by atoms with Crippen LogP contribution in [0.4, 0.5) is 0 Å². The van der Waals surface area contributed by atoms with E-state index in [1.807, 2.05) is 13.8 Å².